The van der Waals surface area contributed by atoms with Gasteiger partial charge in [-0.3, -0.25) is 4.79 Å². The predicted octanol–water partition coefficient (Wildman–Crippen LogP) is 1.81. The van der Waals surface area contributed by atoms with Gasteiger partial charge in [0, 0.05) is 6.54 Å². The number of carbonyl (C=O) groups excluding carboxylic acids is 1. The van der Waals surface area contributed by atoms with Gasteiger partial charge in [-0.2, -0.15) is 0 Å². The van der Waals surface area contributed by atoms with E-state index in [4.69, 9.17) is 5.73 Å². The van der Waals surface area contributed by atoms with Crippen LogP contribution in [0.15, 0.2) is 0 Å². The number of hydrogen-bond donors (Lipinski definition) is 3. The number of carbonyl (C=O) groups is 1. The zero-order valence-corrected chi connectivity index (χ0v) is 12.6. The zero-order chi connectivity index (χ0) is 14.5. The van der Waals surface area contributed by atoms with Gasteiger partial charge >= 0.3 is 0 Å². The highest BCUT2D eigenvalue weighted by Crippen LogP contribution is 2.25. The van der Waals surface area contributed by atoms with E-state index in [-0.39, 0.29) is 23.3 Å². The molecule has 0 saturated heterocycles. The lowest BCUT2D eigenvalue weighted by Crippen LogP contribution is -2.47. The van der Waals surface area contributed by atoms with Crippen LogP contribution in [-0.4, -0.2) is 29.7 Å². The molecule has 0 aromatic carbocycles. The third kappa shape index (κ3) is 5.91. The first kappa shape index (κ1) is 16.4. The van der Waals surface area contributed by atoms with Crippen molar-refractivity contribution in [2.75, 3.05) is 6.54 Å². The molecule has 0 aromatic heterocycles. The second-order valence-corrected chi connectivity index (χ2v) is 7.02. The van der Waals surface area contributed by atoms with Crippen LogP contribution >= 0.6 is 0 Å². The van der Waals surface area contributed by atoms with Gasteiger partial charge in [-0.25, -0.2) is 0 Å². The highest BCUT2D eigenvalue weighted by molar-refractivity contribution is 5.79. The number of aliphatic hydroxyl groups is 1. The fraction of sp³-hybridized carbons (Fsp3) is 0.933. The molecule has 3 atom stereocenters. The molecule has 112 valence electrons. The van der Waals surface area contributed by atoms with Crippen molar-refractivity contribution >= 4 is 5.91 Å². The van der Waals surface area contributed by atoms with Crippen molar-refractivity contribution in [1.29, 1.82) is 0 Å². The number of hydrogen-bond acceptors (Lipinski definition) is 3. The Morgan fingerprint density at radius 1 is 1.32 bits per heavy atom. The molecule has 1 saturated carbocycles. The molecule has 1 aliphatic rings. The Kier molecular flexibility index (Phi) is 6.27. The summed E-state index contributed by atoms with van der Waals surface area (Å²) in [6.45, 7) is 6.71. The summed E-state index contributed by atoms with van der Waals surface area (Å²) >= 11 is 0. The van der Waals surface area contributed by atoms with E-state index in [2.05, 4.69) is 26.1 Å². The van der Waals surface area contributed by atoms with Crippen LogP contribution in [0.4, 0.5) is 0 Å². The van der Waals surface area contributed by atoms with E-state index < -0.39 is 6.10 Å². The van der Waals surface area contributed by atoms with Crippen LogP contribution in [0.1, 0.15) is 59.3 Å². The average molecular weight is 270 g/mol. The fourth-order valence-corrected chi connectivity index (χ4v) is 2.78. The molecular formula is C15H30N2O2. The molecule has 0 bridgehead atoms. The zero-order valence-electron chi connectivity index (χ0n) is 12.6. The van der Waals surface area contributed by atoms with Crippen molar-refractivity contribution < 1.29 is 9.90 Å². The Morgan fingerprint density at radius 2 is 1.95 bits per heavy atom. The first-order chi connectivity index (χ1) is 8.83. The quantitative estimate of drug-likeness (QED) is 0.682. The molecule has 0 radical (unpaired) electrons. The molecule has 0 aliphatic heterocycles. The first-order valence-electron chi connectivity index (χ1n) is 7.52. The van der Waals surface area contributed by atoms with Crippen LogP contribution in [0.5, 0.6) is 0 Å². The molecule has 0 aromatic rings. The number of amides is 1. The Balaban J connectivity index is 2.55. The number of aliphatic hydroxyl groups excluding tert-OH is 1. The summed E-state index contributed by atoms with van der Waals surface area (Å²) in [5, 5.41) is 13.1. The van der Waals surface area contributed by atoms with Crippen LogP contribution in [0.3, 0.4) is 0 Å². The summed E-state index contributed by atoms with van der Waals surface area (Å²) < 4.78 is 0. The number of nitrogens with one attached hydrogen (secondary N) is 1. The Morgan fingerprint density at radius 3 is 2.53 bits per heavy atom. The molecule has 4 heteroatoms. The average Bonchev–Trinajstić information content (AvgIpc) is 2.50. The lowest BCUT2D eigenvalue weighted by molar-refractivity contribution is -0.127. The van der Waals surface area contributed by atoms with Gasteiger partial charge in [0.05, 0.1) is 18.1 Å². The molecule has 1 rings (SSSR count). The topological polar surface area (TPSA) is 75.4 Å². The van der Waals surface area contributed by atoms with E-state index in [9.17, 15) is 9.90 Å². The predicted molar refractivity (Wildman–Crippen MR) is 77.6 cm³/mol. The Labute approximate surface area is 117 Å². The van der Waals surface area contributed by atoms with Gasteiger partial charge in [-0.1, -0.05) is 40.0 Å². The summed E-state index contributed by atoms with van der Waals surface area (Å²) in [7, 11) is 0. The minimum Gasteiger partial charge on any atom is -0.391 e. The summed E-state index contributed by atoms with van der Waals surface area (Å²) in [4.78, 5) is 12.3. The van der Waals surface area contributed by atoms with Gasteiger partial charge in [0.15, 0.2) is 0 Å². The maximum Gasteiger partial charge on any atom is 0.224 e. The van der Waals surface area contributed by atoms with E-state index >= 15 is 0 Å². The van der Waals surface area contributed by atoms with Gasteiger partial charge in [0.1, 0.15) is 0 Å². The van der Waals surface area contributed by atoms with Crippen molar-refractivity contribution in [3.63, 3.8) is 0 Å². The number of nitrogens with two attached hydrogens (primary N) is 1. The Bertz CT molecular complexity index is 286. The molecule has 1 amide bonds. The van der Waals surface area contributed by atoms with Gasteiger partial charge in [-0.05, 0) is 24.7 Å². The van der Waals surface area contributed by atoms with Crippen LogP contribution < -0.4 is 11.1 Å². The second-order valence-electron chi connectivity index (χ2n) is 7.02. The summed E-state index contributed by atoms with van der Waals surface area (Å²) in [5.74, 6) is -0.154. The van der Waals surface area contributed by atoms with Crippen LogP contribution in [-0.2, 0) is 4.79 Å². The lowest BCUT2D eigenvalue weighted by Gasteiger charge is -2.28. The van der Waals surface area contributed by atoms with E-state index in [1.165, 1.54) is 0 Å². The molecule has 4 nitrogen and oxygen atoms in total. The van der Waals surface area contributed by atoms with Gasteiger partial charge in [-0.15, -0.1) is 0 Å². The van der Waals surface area contributed by atoms with E-state index in [1.807, 2.05) is 0 Å². The van der Waals surface area contributed by atoms with Crippen molar-refractivity contribution in [2.24, 2.45) is 17.1 Å². The fourth-order valence-electron chi connectivity index (χ4n) is 2.78. The molecule has 4 N–H and O–H groups in total. The first-order valence-corrected chi connectivity index (χ1v) is 7.52. The number of rotatable bonds is 4. The molecular weight excluding hydrogens is 240 g/mol. The van der Waals surface area contributed by atoms with Crippen LogP contribution in [0.2, 0.25) is 0 Å². The second kappa shape index (κ2) is 7.25. The normalized spacial score (nSPS) is 26.6. The van der Waals surface area contributed by atoms with E-state index in [0.717, 1.165) is 38.5 Å². The molecule has 3 unspecified atom stereocenters. The maximum absolute atomic E-state index is 12.3. The molecule has 0 spiro atoms. The monoisotopic (exact) mass is 270 g/mol. The van der Waals surface area contributed by atoms with Gasteiger partial charge < -0.3 is 16.2 Å². The third-order valence-electron chi connectivity index (χ3n) is 3.82. The van der Waals surface area contributed by atoms with Crippen molar-refractivity contribution in [2.45, 2.75) is 71.4 Å². The smallest absolute Gasteiger partial charge is 0.224 e. The van der Waals surface area contributed by atoms with E-state index in [1.54, 1.807) is 0 Å². The van der Waals surface area contributed by atoms with E-state index in [0.29, 0.717) is 6.54 Å². The molecule has 1 aliphatic carbocycles. The Hall–Kier alpha value is -0.610. The highest BCUT2D eigenvalue weighted by atomic mass is 16.3. The summed E-state index contributed by atoms with van der Waals surface area (Å²) in [5.41, 5.74) is 5.81. The maximum atomic E-state index is 12.3. The van der Waals surface area contributed by atoms with Crippen LogP contribution in [0, 0.1) is 11.3 Å². The van der Waals surface area contributed by atoms with Crippen molar-refractivity contribution in [3.8, 4) is 0 Å². The largest absolute Gasteiger partial charge is 0.391 e. The lowest BCUT2D eigenvalue weighted by atomic mass is 9.84. The minimum absolute atomic E-state index is 0.00313. The SMILES string of the molecule is CC(C)(C)CC(CN)C(=O)NC1CCCCCC1O. The molecule has 0 heterocycles. The minimum atomic E-state index is -0.403. The van der Waals surface area contributed by atoms with Gasteiger partial charge in [0.25, 0.3) is 0 Å². The highest BCUT2D eigenvalue weighted by Gasteiger charge is 2.28. The molecule has 1 fully saturated rings. The van der Waals surface area contributed by atoms with Gasteiger partial charge in [0.2, 0.25) is 5.91 Å². The van der Waals surface area contributed by atoms with Crippen LogP contribution in [0.25, 0.3) is 0 Å². The molecule has 19 heavy (non-hydrogen) atoms. The standard InChI is InChI=1S/C15H30N2O2/c1-15(2,3)9-11(10-16)14(19)17-12-7-5-4-6-8-13(12)18/h11-13,18H,4-10,16H2,1-3H3,(H,17,19). The van der Waals surface area contributed by atoms with Crippen molar-refractivity contribution in [1.82, 2.24) is 5.32 Å². The third-order valence-corrected chi connectivity index (χ3v) is 3.82. The van der Waals surface area contributed by atoms with Crippen molar-refractivity contribution in [3.05, 3.63) is 0 Å². The summed E-state index contributed by atoms with van der Waals surface area (Å²) in [6, 6.07) is -0.0935. The summed E-state index contributed by atoms with van der Waals surface area (Å²) in [6.07, 6.45) is 5.31.